The van der Waals surface area contributed by atoms with Gasteiger partial charge in [0.2, 0.25) is 11.8 Å². The van der Waals surface area contributed by atoms with Gasteiger partial charge < -0.3 is 15.7 Å². The number of aliphatic carboxylic acids is 1. The van der Waals surface area contributed by atoms with Crippen LogP contribution in [0.15, 0.2) is 53.6 Å². The summed E-state index contributed by atoms with van der Waals surface area (Å²) in [7, 11) is 0. The highest BCUT2D eigenvalue weighted by Crippen LogP contribution is 2.20. The van der Waals surface area contributed by atoms with Gasteiger partial charge in [-0.3, -0.25) is 14.4 Å². The third-order valence-corrected chi connectivity index (χ3v) is 4.02. The van der Waals surface area contributed by atoms with Gasteiger partial charge in [-0.05, 0) is 36.4 Å². The first-order chi connectivity index (χ1) is 12.0. The van der Waals surface area contributed by atoms with Gasteiger partial charge >= 0.3 is 5.97 Å². The van der Waals surface area contributed by atoms with E-state index in [1.807, 2.05) is 0 Å². The third-order valence-electron chi connectivity index (χ3n) is 3.01. The monoisotopic (exact) mass is 359 g/mol. The Labute approximate surface area is 148 Å². The SMILES string of the molecule is O=C(O)CCC(=O)Nc1ccc(SCC(=O)Nc2ccccn2)cc1. The van der Waals surface area contributed by atoms with Crippen LogP contribution < -0.4 is 10.6 Å². The Morgan fingerprint density at radius 1 is 0.960 bits per heavy atom. The highest BCUT2D eigenvalue weighted by molar-refractivity contribution is 8.00. The average molecular weight is 359 g/mol. The number of hydrogen-bond acceptors (Lipinski definition) is 5. The Morgan fingerprint density at radius 2 is 1.72 bits per heavy atom. The second kappa shape index (κ2) is 9.43. The van der Waals surface area contributed by atoms with E-state index in [2.05, 4.69) is 15.6 Å². The van der Waals surface area contributed by atoms with Gasteiger partial charge in [-0.1, -0.05) is 6.07 Å². The highest BCUT2D eigenvalue weighted by Gasteiger charge is 2.07. The molecule has 1 heterocycles. The zero-order chi connectivity index (χ0) is 18.1. The first-order valence-electron chi connectivity index (χ1n) is 7.48. The molecule has 3 N–H and O–H groups in total. The first-order valence-corrected chi connectivity index (χ1v) is 8.47. The average Bonchev–Trinajstić information content (AvgIpc) is 2.60. The molecule has 0 aliphatic carbocycles. The molecule has 7 nitrogen and oxygen atoms in total. The van der Waals surface area contributed by atoms with Crippen LogP contribution in [-0.4, -0.2) is 33.6 Å². The molecule has 2 amide bonds. The maximum absolute atomic E-state index is 11.8. The number of anilines is 2. The first kappa shape index (κ1) is 18.5. The van der Waals surface area contributed by atoms with E-state index in [1.54, 1.807) is 48.7 Å². The number of carboxylic acid groups (broad SMARTS) is 1. The van der Waals surface area contributed by atoms with Gasteiger partial charge in [0.25, 0.3) is 0 Å². The molecule has 0 aliphatic rings. The predicted octanol–water partition coefficient (Wildman–Crippen LogP) is 2.62. The Kier molecular flexibility index (Phi) is 6.97. The van der Waals surface area contributed by atoms with E-state index in [-0.39, 0.29) is 30.4 Å². The molecule has 2 rings (SSSR count). The number of amides is 2. The Morgan fingerprint density at radius 3 is 2.36 bits per heavy atom. The number of carbonyl (C=O) groups is 3. The van der Waals surface area contributed by atoms with Crippen LogP contribution in [0.2, 0.25) is 0 Å². The lowest BCUT2D eigenvalue weighted by Crippen LogP contribution is -2.14. The van der Waals surface area contributed by atoms with Gasteiger partial charge in [0.05, 0.1) is 12.2 Å². The van der Waals surface area contributed by atoms with E-state index >= 15 is 0 Å². The minimum Gasteiger partial charge on any atom is -0.481 e. The van der Waals surface area contributed by atoms with Crippen molar-refractivity contribution in [1.29, 1.82) is 0 Å². The molecular weight excluding hydrogens is 342 g/mol. The molecule has 2 aromatic rings. The van der Waals surface area contributed by atoms with E-state index in [1.165, 1.54) is 11.8 Å². The minimum atomic E-state index is -1.01. The summed E-state index contributed by atoms with van der Waals surface area (Å²) in [5, 5.41) is 13.9. The van der Waals surface area contributed by atoms with Gasteiger partial charge in [0.1, 0.15) is 5.82 Å². The van der Waals surface area contributed by atoms with Crippen molar-refractivity contribution in [2.75, 3.05) is 16.4 Å². The number of rotatable bonds is 8. The number of aromatic nitrogens is 1. The van der Waals surface area contributed by atoms with Crippen LogP contribution in [-0.2, 0) is 14.4 Å². The van der Waals surface area contributed by atoms with E-state index in [0.29, 0.717) is 11.5 Å². The van der Waals surface area contributed by atoms with Gasteiger partial charge in [-0.15, -0.1) is 11.8 Å². The maximum Gasteiger partial charge on any atom is 0.303 e. The van der Waals surface area contributed by atoms with E-state index in [4.69, 9.17) is 5.11 Å². The van der Waals surface area contributed by atoms with Crippen molar-refractivity contribution < 1.29 is 19.5 Å². The molecule has 0 spiro atoms. The molecule has 0 unspecified atom stereocenters. The molecule has 0 bridgehead atoms. The van der Waals surface area contributed by atoms with Crippen LogP contribution in [0.5, 0.6) is 0 Å². The maximum atomic E-state index is 11.8. The van der Waals surface area contributed by atoms with Crippen LogP contribution in [0.1, 0.15) is 12.8 Å². The molecule has 130 valence electrons. The third kappa shape index (κ3) is 7.05. The number of hydrogen-bond donors (Lipinski definition) is 3. The largest absolute Gasteiger partial charge is 0.481 e. The summed E-state index contributed by atoms with van der Waals surface area (Å²) in [6.45, 7) is 0. The van der Waals surface area contributed by atoms with Crippen molar-refractivity contribution >= 4 is 41.1 Å². The Hall–Kier alpha value is -2.87. The lowest BCUT2D eigenvalue weighted by atomic mass is 10.2. The van der Waals surface area contributed by atoms with Gasteiger partial charge in [0, 0.05) is 23.2 Å². The number of nitrogens with one attached hydrogen (secondary N) is 2. The van der Waals surface area contributed by atoms with Crippen molar-refractivity contribution in [3.63, 3.8) is 0 Å². The molecule has 0 radical (unpaired) electrons. The number of carbonyl (C=O) groups excluding carboxylic acids is 2. The minimum absolute atomic E-state index is 0.0699. The topological polar surface area (TPSA) is 108 Å². The van der Waals surface area contributed by atoms with Crippen molar-refractivity contribution in [2.45, 2.75) is 17.7 Å². The number of thioether (sulfide) groups is 1. The summed E-state index contributed by atoms with van der Waals surface area (Å²) in [6.07, 6.45) is 1.33. The molecule has 8 heteroatoms. The summed E-state index contributed by atoms with van der Waals surface area (Å²) >= 11 is 1.36. The van der Waals surface area contributed by atoms with Crippen LogP contribution >= 0.6 is 11.8 Å². The molecule has 0 fully saturated rings. The second-order valence-corrected chi connectivity index (χ2v) is 6.07. The Balaban J connectivity index is 1.77. The molecule has 1 aromatic carbocycles. The fourth-order valence-corrected chi connectivity index (χ4v) is 2.54. The smallest absolute Gasteiger partial charge is 0.303 e. The van der Waals surface area contributed by atoms with Crippen molar-refractivity contribution in [3.8, 4) is 0 Å². The molecule has 0 saturated carbocycles. The summed E-state index contributed by atoms with van der Waals surface area (Å²) in [6, 6.07) is 12.3. The standard InChI is InChI=1S/C17H17N3O4S/c21-15(8-9-17(23)24)19-12-4-6-13(7-5-12)25-11-16(22)20-14-3-1-2-10-18-14/h1-7,10H,8-9,11H2,(H,19,21)(H,23,24)(H,18,20,22). The molecular formula is C17H17N3O4S. The zero-order valence-corrected chi connectivity index (χ0v) is 14.1. The van der Waals surface area contributed by atoms with E-state index in [0.717, 1.165) is 4.90 Å². The lowest BCUT2D eigenvalue weighted by Gasteiger charge is -2.06. The molecule has 0 saturated heterocycles. The number of benzene rings is 1. The molecule has 1 aromatic heterocycles. The predicted molar refractivity (Wildman–Crippen MR) is 95.5 cm³/mol. The fraction of sp³-hybridized carbons (Fsp3) is 0.176. The van der Waals surface area contributed by atoms with Gasteiger partial charge in [-0.25, -0.2) is 4.98 Å². The molecule has 0 atom stereocenters. The van der Waals surface area contributed by atoms with Crippen LogP contribution in [0.25, 0.3) is 0 Å². The fourth-order valence-electron chi connectivity index (χ4n) is 1.84. The summed E-state index contributed by atoms with van der Waals surface area (Å²) < 4.78 is 0. The lowest BCUT2D eigenvalue weighted by molar-refractivity contribution is -0.138. The number of nitrogens with zero attached hydrogens (tertiary/aromatic N) is 1. The zero-order valence-electron chi connectivity index (χ0n) is 13.3. The van der Waals surface area contributed by atoms with Gasteiger partial charge in [0.15, 0.2) is 0 Å². The highest BCUT2D eigenvalue weighted by atomic mass is 32.2. The quantitative estimate of drug-likeness (QED) is 0.625. The van der Waals surface area contributed by atoms with Gasteiger partial charge in [-0.2, -0.15) is 0 Å². The Bertz CT molecular complexity index is 735. The second-order valence-electron chi connectivity index (χ2n) is 5.02. The normalized spacial score (nSPS) is 10.1. The molecule has 0 aliphatic heterocycles. The number of pyridine rings is 1. The van der Waals surface area contributed by atoms with Crippen LogP contribution in [0.3, 0.4) is 0 Å². The van der Waals surface area contributed by atoms with Crippen molar-refractivity contribution in [3.05, 3.63) is 48.7 Å². The summed E-state index contributed by atoms with van der Waals surface area (Å²) in [4.78, 5) is 38.7. The van der Waals surface area contributed by atoms with Crippen LogP contribution in [0.4, 0.5) is 11.5 Å². The molecule has 25 heavy (non-hydrogen) atoms. The summed E-state index contributed by atoms with van der Waals surface area (Å²) in [5.74, 6) is -0.772. The van der Waals surface area contributed by atoms with E-state index in [9.17, 15) is 14.4 Å². The van der Waals surface area contributed by atoms with Crippen LogP contribution in [0, 0.1) is 0 Å². The summed E-state index contributed by atoms with van der Waals surface area (Å²) in [5.41, 5.74) is 0.581. The number of carboxylic acids is 1. The van der Waals surface area contributed by atoms with E-state index < -0.39 is 5.97 Å². The van der Waals surface area contributed by atoms with Crippen molar-refractivity contribution in [2.24, 2.45) is 0 Å². The van der Waals surface area contributed by atoms with Crippen molar-refractivity contribution in [1.82, 2.24) is 4.98 Å².